The summed E-state index contributed by atoms with van der Waals surface area (Å²) in [5.41, 5.74) is -0.846. The van der Waals surface area contributed by atoms with Crippen molar-refractivity contribution in [3.05, 3.63) is 35.9 Å². The lowest BCUT2D eigenvalue weighted by Gasteiger charge is -2.37. The first-order chi connectivity index (χ1) is 8.80. The maximum atomic E-state index is 11.6. The number of aliphatic hydroxyl groups is 1. The van der Waals surface area contributed by atoms with Crippen molar-refractivity contribution in [2.45, 2.75) is 45.6 Å². The van der Waals surface area contributed by atoms with Crippen molar-refractivity contribution >= 4 is 5.97 Å². The van der Waals surface area contributed by atoms with Gasteiger partial charge in [0.05, 0.1) is 0 Å². The molecule has 0 saturated heterocycles. The van der Waals surface area contributed by atoms with E-state index in [4.69, 9.17) is 0 Å². The van der Waals surface area contributed by atoms with Gasteiger partial charge in [0, 0.05) is 5.92 Å². The highest BCUT2D eigenvalue weighted by atomic mass is 16.4. The highest BCUT2D eigenvalue weighted by Gasteiger charge is 2.47. The first-order valence-corrected chi connectivity index (χ1v) is 6.80. The highest BCUT2D eigenvalue weighted by Crippen LogP contribution is 2.39. The number of hydrogen-bond acceptors (Lipinski definition) is 2. The van der Waals surface area contributed by atoms with Crippen LogP contribution in [0, 0.1) is 11.8 Å². The van der Waals surface area contributed by atoms with Crippen molar-refractivity contribution in [2.75, 3.05) is 0 Å². The molecule has 1 aromatic carbocycles. The van der Waals surface area contributed by atoms with Crippen molar-refractivity contribution in [3.8, 4) is 0 Å². The minimum absolute atomic E-state index is 0.315. The largest absolute Gasteiger partial charge is 0.479 e. The minimum Gasteiger partial charge on any atom is -0.479 e. The lowest BCUT2D eigenvalue weighted by molar-refractivity contribution is -0.167. The fourth-order valence-electron chi connectivity index (χ4n) is 2.52. The molecular formula is C16H24O3. The average Bonchev–Trinajstić information content (AvgIpc) is 2.35. The molecule has 2 atom stereocenters. The predicted octanol–water partition coefficient (Wildman–Crippen LogP) is 3.29. The molecule has 0 aliphatic carbocycles. The maximum absolute atomic E-state index is 11.6. The Kier molecular flexibility index (Phi) is 5.12. The van der Waals surface area contributed by atoms with Crippen LogP contribution in [0.2, 0.25) is 0 Å². The van der Waals surface area contributed by atoms with Crippen LogP contribution >= 0.6 is 0 Å². The zero-order valence-electron chi connectivity index (χ0n) is 12.1. The summed E-state index contributed by atoms with van der Waals surface area (Å²) in [5, 5.41) is 20.2. The van der Waals surface area contributed by atoms with Crippen LogP contribution in [0.1, 0.15) is 45.6 Å². The van der Waals surface area contributed by atoms with Gasteiger partial charge in [0.25, 0.3) is 0 Å². The molecule has 106 valence electrons. The molecule has 19 heavy (non-hydrogen) atoms. The average molecular weight is 264 g/mol. The molecule has 0 amide bonds. The first-order valence-electron chi connectivity index (χ1n) is 6.80. The van der Waals surface area contributed by atoms with Gasteiger partial charge in [-0.25, -0.2) is 4.79 Å². The third-order valence-electron chi connectivity index (χ3n) is 3.66. The number of carboxylic acid groups (broad SMARTS) is 1. The van der Waals surface area contributed by atoms with Gasteiger partial charge in [-0.2, -0.15) is 0 Å². The van der Waals surface area contributed by atoms with Gasteiger partial charge in [-0.15, -0.1) is 0 Å². The summed E-state index contributed by atoms with van der Waals surface area (Å²) < 4.78 is 0. The normalized spacial score (nSPS) is 16.4. The summed E-state index contributed by atoms with van der Waals surface area (Å²) >= 11 is 0. The number of hydrogen-bond donors (Lipinski definition) is 2. The first kappa shape index (κ1) is 15.7. The van der Waals surface area contributed by atoms with Gasteiger partial charge in [0.15, 0.2) is 5.60 Å². The van der Waals surface area contributed by atoms with Crippen LogP contribution in [0.3, 0.4) is 0 Å². The summed E-state index contributed by atoms with van der Waals surface area (Å²) in [6.45, 7) is 7.59. The van der Waals surface area contributed by atoms with Crippen molar-refractivity contribution < 1.29 is 15.0 Å². The highest BCUT2D eigenvalue weighted by molar-refractivity contribution is 5.79. The monoisotopic (exact) mass is 264 g/mol. The van der Waals surface area contributed by atoms with Gasteiger partial charge in [-0.05, 0) is 23.8 Å². The molecule has 0 fully saturated rings. The van der Waals surface area contributed by atoms with Gasteiger partial charge in [-0.3, -0.25) is 0 Å². The number of aliphatic carboxylic acids is 1. The Bertz CT molecular complexity index is 411. The van der Waals surface area contributed by atoms with Crippen LogP contribution in [0.25, 0.3) is 0 Å². The van der Waals surface area contributed by atoms with E-state index in [1.54, 1.807) is 13.8 Å². The van der Waals surface area contributed by atoms with Gasteiger partial charge in [-0.1, -0.05) is 58.0 Å². The van der Waals surface area contributed by atoms with Gasteiger partial charge < -0.3 is 10.2 Å². The third kappa shape index (κ3) is 3.35. The SMILES string of the molecule is CC(C)CC(c1ccccc1)C(O)(C(=O)O)C(C)C. The standard InChI is InChI=1S/C16H24O3/c1-11(2)10-14(13-8-6-5-7-9-13)16(19,12(3)4)15(17)18/h5-9,11-12,14,19H,10H2,1-4H3,(H,17,18). The molecule has 2 N–H and O–H groups in total. The van der Waals surface area contributed by atoms with E-state index in [9.17, 15) is 15.0 Å². The van der Waals surface area contributed by atoms with E-state index in [0.29, 0.717) is 12.3 Å². The Balaban J connectivity index is 3.26. The van der Waals surface area contributed by atoms with Crippen molar-refractivity contribution in [1.29, 1.82) is 0 Å². The molecule has 0 aliphatic heterocycles. The van der Waals surface area contributed by atoms with E-state index < -0.39 is 17.5 Å². The fraction of sp³-hybridized carbons (Fsp3) is 0.562. The second-order valence-corrected chi connectivity index (χ2v) is 5.88. The van der Waals surface area contributed by atoms with Crippen molar-refractivity contribution in [3.63, 3.8) is 0 Å². The van der Waals surface area contributed by atoms with Gasteiger partial charge >= 0.3 is 5.97 Å². The molecule has 2 unspecified atom stereocenters. The van der Waals surface area contributed by atoms with E-state index >= 15 is 0 Å². The summed E-state index contributed by atoms with van der Waals surface area (Å²) in [6.07, 6.45) is 0.644. The van der Waals surface area contributed by atoms with Gasteiger partial charge in [0.1, 0.15) is 0 Å². The molecule has 0 aliphatic rings. The summed E-state index contributed by atoms with van der Waals surface area (Å²) in [4.78, 5) is 11.6. The van der Waals surface area contributed by atoms with E-state index in [-0.39, 0.29) is 5.92 Å². The molecule has 0 saturated carbocycles. The molecule has 3 nitrogen and oxygen atoms in total. The lowest BCUT2D eigenvalue weighted by Crippen LogP contribution is -2.49. The Labute approximate surface area is 115 Å². The molecular weight excluding hydrogens is 240 g/mol. The second kappa shape index (κ2) is 6.20. The molecule has 0 radical (unpaired) electrons. The van der Waals surface area contributed by atoms with E-state index in [2.05, 4.69) is 0 Å². The minimum atomic E-state index is -1.73. The zero-order chi connectivity index (χ0) is 14.6. The summed E-state index contributed by atoms with van der Waals surface area (Å²) in [5.74, 6) is -1.58. The zero-order valence-corrected chi connectivity index (χ0v) is 12.1. The predicted molar refractivity (Wildman–Crippen MR) is 76.1 cm³/mol. The molecule has 0 spiro atoms. The topological polar surface area (TPSA) is 57.5 Å². The number of rotatable bonds is 6. The summed E-state index contributed by atoms with van der Waals surface area (Å²) in [6, 6.07) is 9.44. The molecule has 0 heterocycles. The number of carboxylic acids is 1. The molecule has 0 aromatic heterocycles. The van der Waals surface area contributed by atoms with E-state index in [1.807, 2.05) is 44.2 Å². The van der Waals surface area contributed by atoms with Crippen molar-refractivity contribution in [2.24, 2.45) is 11.8 Å². The smallest absolute Gasteiger partial charge is 0.336 e. The van der Waals surface area contributed by atoms with E-state index in [0.717, 1.165) is 5.56 Å². The number of carbonyl (C=O) groups is 1. The molecule has 3 heteroatoms. The molecule has 0 bridgehead atoms. The Hall–Kier alpha value is -1.35. The summed E-state index contributed by atoms with van der Waals surface area (Å²) in [7, 11) is 0. The Morgan fingerprint density at radius 2 is 1.68 bits per heavy atom. The molecule has 1 rings (SSSR count). The second-order valence-electron chi connectivity index (χ2n) is 5.88. The van der Waals surface area contributed by atoms with Crippen LogP contribution in [-0.2, 0) is 4.79 Å². The number of benzene rings is 1. The van der Waals surface area contributed by atoms with E-state index in [1.165, 1.54) is 0 Å². The Morgan fingerprint density at radius 3 is 2.05 bits per heavy atom. The van der Waals surface area contributed by atoms with Crippen LogP contribution in [0.15, 0.2) is 30.3 Å². The maximum Gasteiger partial charge on any atom is 0.336 e. The third-order valence-corrected chi connectivity index (χ3v) is 3.66. The van der Waals surface area contributed by atoms with Crippen molar-refractivity contribution in [1.82, 2.24) is 0 Å². The van der Waals surface area contributed by atoms with Crippen LogP contribution in [-0.4, -0.2) is 21.8 Å². The van der Waals surface area contributed by atoms with Crippen LogP contribution in [0.5, 0.6) is 0 Å². The Morgan fingerprint density at radius 1 is 1.16 bits per heavy atom. The van der Waals surface area contributed by atoms with Crippen LogP contribution in [0.4, 0.5) is 0 Å². The quantitative estimate of drug-likeness (QED) is 0.829. The van der Waals surface area contributed by atoms with Gasteiger partial charge in [0.2, 0.25) is 0 Å². The fourth-order valence-corrected chi connectivity index (χ4v) is 2.52. The van der Waals surface area contributed by atoms with Crippen LogP contribution < -0.4 is 0 Å². The molecule has 1 aromatic rings. The lowest BCUT2D eigenvalue weighted by atomic mass is 9.71.